The lowest BCUT2D eigenvalue weighted by atomic mass is 9.98. The van der Waals surface area contributed by atoms with Gasteiger partial charge in [-0.25, -0.2) is 4.79 Å². The summed E-state index contributed by atoms with van der Waals surface area (Å²) in [7, 11) is 1.71. The zero-order valence-corrected chi connectivity index (χ0v) is 8.51. The van der Waals surface area contributed by atoms with Crippen LogP contribution in [0.4, 0.5) is 4.79 Å². The Labute approximate surface area is 88.1 Å². The first-order valence-corrected chi connectivity index (χ1v) is 4.83. The van der Waals surface area contributed by atoms with Crippen molar-refractivity contribution in [2.75, 3.05) is 20.2 Å². The van der Waals surface area contributed by atoms with Gasteiger partial charge in [0.25, 0.3) is 0 Å². The maximum Gasteiger partial charge on any atom is 0.409 e. The predicted molar refractivity (Wildman–Crippen MR) is 54.8 cm³/mol. The van der Waals surface area contributed by atoms with Gasteiger partial charge in [-0.1, -0.05) is 12.1 Å². The van der Waals surface area contributed by atoms with E-state index in [1.54, 1.807) is 25.2 Å². The molecule has 1 heterocycles. The van der Waals surface area contributed by atoms with Crippen LogP contribution in [0, 0.1) is 0 Å². The molecule has 1 unspecified atom stereocenters. The summed E-state index contributed by atoms with van der Waals surface area (Å²) in [6.07, 6.45) is -0.286. The zero-order chi connectivity index (χ0) is 10.8. The van der Waals surface area contributed by atoms with E-state index in [9.17, 15) is 9.90 Å². The first-order valence-electron chi connectivity index (χ1n) is 4.83. The average molecular weight is 207 g/mol. The minimum atomic E-state index is -0.286. The molecule has 0 radical (unpaired) electrons. The molecule has 15 heavy (non-hydrogen) atoms. The van der Waals surface area contributed by atoms with Crippen molar-refractivity contribution in [1.29, 1.82) is 0 Å². The summed E-state index contributed by atoms with van der Waals surface area (Å²) in [4.78, 5) is 12.6. The van der Waals surface area contributed by atoms with Gasteiger partial charge < -0.3 is 14.7 Å². The van der Waals surface area contributed by atoms with E-state index in [0.717, 1.165) is 5.56 Å². The topological polar surface area (TPSA) is 49.8 Å². The van der Waals surface area contributed by atoms with Crippen LogP contribution in [-0.2, 0) is 4.74 Å². The van der Waals surface area contributed by atoms with E-state index in [4.69, 9.17) is 4.74 Å². The third kappa shape index (κ3) is 2.03. The fourth-order valence-electron chi connectivity index (χ4n) is 1.72. The second-order valence-corrected chi connectivity index (χ2v) is 3.75. The number of nitrogens with zero attached hydrogens (tertiary/aromatic N) is 1. The molecule has 0 bridgehead atoms. The van der Waals surface area contributed by atoms with Gasteiger partial charge in [-0.2, -0.15) is 0 Å². The Morgan fingerprint density at radius 3 is 3.00 bits per heavy atom. The maximum atomic E-state index is 11.1. The predicted octanol–water partition coefficient (Wildman–Crippen LogP) is 1.56. The van der Waals surface area contributed by atoms with E-state index in [1.807, 2.05) is 6.07 Å². The Kier molecular flexibility index (Phi) is 2.49. The van der Waals surface area contributed by atoms with Crippen LogP contribution in [0.3, 0.4) is 0 Å². The normalized spacial score (nSPS) is 21.3. The van der Waals surface area contributed by atoms with E-state index >= 15 is 0 Å². The van der Waals surface area contributed by atoms with E-state index in [-0.39, 0.29) is 17.8 Å². The number of hydrogen-bond acceptors (Lipinski definition) is 3. The van der Waals surface area contributed by atoms with Crippen molar-refractivity contribution in [3.8, 4) is 5.75 Å². The zero-order valence-electron chi connectivity index (χ0n) is 8.51. The highest BCUT2D eigenvalue weighted by atomic mass is 16.6. The lowest BCUT2D eigenvalue weighted by Gasteiger charge is -2.29. The molecule has 1 aromatic carbocycles. The molecule has 1 aromatic rings. The van der Waals surface area contributed by atoms with Gasteiger partial charge in [-0.3, -0.25) is 0 Å². The van der Waals surface area contributed by atoms with Crippen molar-refractivity contribution >= 4 is 6.09 Å². The fraction of sp³-hybridized carbons (Fsp3) is 0.364. The Morgan fingerprint density at radius 2 is 2.33 bits per heavy atom. The summed E-state index contributed by atoms with van der Waals surface area (Å²) in [6, 6.07) is 7.05. The van der Waals surface area contributed by atoms with Crippen molar-refractivity contribution in [2.45, 2.75) is 5.92 Å². The third-order valence-corrected chi connectivity index (χ3v) is 2.56. The molecule has 1 amide bonds. The monoisotopic (exact) mass is 207 g/mol. The molecular formula is C11H13NO3. The minimum absolute atomic E-state index is 0.139. The number of likely N-dealkylation sites (N-methyl/N-ethyl adjacent to an activating group) is 1. The minimum Gasteiger partial charge on any atom is -0.508 e. The number of rotatable bonds is 1. The molecule has 80 valence electrons. The number of carbonyl (C=O) groups is 1. The van der Waals surface area contributed by atoms with Crippen LogP contribution in [0.2, 0.25) is 0 Å². The molecule has 1 atom stereocenters. The lowest BCUT2D eigenvalue weighted by Crippen LogP contribution is -2.39. The molecular weight excluding hydrogens is 194 g/mol. The molecule has 0 aromatic heterocycles. The quantitative estimate of drug-likeness (QED) is 0.760. The number of phenols is 1. The van der Waals surface area contributed by atoms with Crippen molar-refractivity contribution in [2.24, 2.45) is 0 Å². The molecule has 1 aliphatic heterocycles. The molecule has 1 fully saturated rings. The smallest absolute Gasteiger partial charge is 0.409 e. The highest BCUT2D eigenvalue weighted by Gasteiger charge is 2.25. The Balaban J connectivity index is 2.15. The molecule has 2 rings (SSSR count). The van der Waals surface area contributed by atoms with E-state index in [2.05, 4.69) is 0 Å². The third-order valence-electron chi connectivity index (χ3n) is 2.56. The number of cyclic esters (lactones) is 1. The number of hydrogen-bond donors (Lipinski definition) is 1. The van der Waals surface area contributed by atoms with Gasteiger partial charge in [-0.15, -0.1) is 0 Å². The molecule has 0 spiro atoms. The van der Waals surface area contributed by atoms with Crippen LogP contribution in [0.5, 0.6) is 5.75 Å². The van der Waals surface area contributed by atoms with Crippen molar-refractivity contribution < 1.29 is 14.6 Å². The van der Waals surface area contributed by atoms with Gasteiger partial charge in [0.1, 0.15) is 12.4 Å². The molecule has 1 N–H and O–H groups in total. The first kappa shape index (κ1) is 9.83. The van der Waals surface area contributed by atoms with Gasteiger partial charge >= 0.3 is 6.09 Å². The molecule has 4 heteroatoms. The number of amides is 1. The Morgan fingerprint density at radius 1 is 1.53 bits per heavy atom. The first-order chi connectivity index (χ1) is 7.16. The van der Waals surface area contributed by atoms with Crippen LogP contribution in [-0.4, -0.2) is 36.3 Å². The maximum absolute atomic E-state index is 11.1. The number of ether oxygens (including phenoxy) is 1. The van der Waals surface area contributed by atoms with Gasteiger partial charge in [0.05, 0.1) is 0 Å². The SMILES string of the molecule is CN1CC(c2cccc(O)c2)COC1=O. The second kappa shape index (κ2) is 3.81. The average Bonchev–Trinajstić information content (AvgIpc) is 2.22. The second-order valence-electron chi connectivity index (χ2n) is 3.75. The van der Waals surface area contributed by atoms with Crippen molar-refractivity contribution in [1.82, 2.24) is 4.90 Å². The molecule has 0 saturated carbocycles. The van der Waals surface area contributed by atoms with Crippen LogP contribution < -0.4 is 0 Å². The van der Waals surface area contributed by atoms with E-state index in [1.165, 1.54) is 4.90 Å². The summed E-state index contributed by atoms with van der Waals surface area (Å²) in [5.74, 6) is 0.381. The highest BCUT2D eigenvalue weighted by Crippen LogP contribution is 2.24. The molecule has 1 saturated heterocycles. The summed E-state index contributed by atoms with van der Waals surface area (Å²) < 4.78 is 5.00. The number of benzene rings is 1. The Bertz CT molecular complexity index is 378. The van der Waals surface area contributed by atoms with Crippen LogP contribution >= 0.6 is 0 Å². The molecule has 1 aliphatic rings. The van der Waals surface area contributed by atoms with Crippen molar-refractivity contribution in [3.05, 3.63) is 29.8 Å². The number of carbonyl (C=O) groups excluding carboxylic acids is 1. The van der Waals surface area contributed by atoms with Crippen LogP contribution in [0.15, 0.2) is 24.3 Å². The summed E-state index contributed by atoms with van der Waals surface area (Å²) in [5.41, 5.74) is 0.995. The highest BCUT2D eigenvalue weighted by molar-refractivity contribution is 5.68. The lowest BCUT2D eigenvalue weighted by molar-refractivity contribution is 0.0718. The fourth-order valence-corrected chi connectivity index (χ4v) is 1.72. The van der Waals surface area contributed by atoms with Gasteiger partial charge in [0.15, 0.2) is 0 Å². The number of aromatic hydroxyl groups is 1. The largest absolute Gasteiger partial charge is 0.508 e. The van der Waals surface area contributed by atoms with Crippen LogP contribution in [0.25, 0.3) is 0 Å². The van der Waals surface area contributed by atoms with Crippen LogP contribution in [0.1, 0.15) is 11.5 Å². The summed E-state index contributed by atoms with van der Waals surface area (Å²) in [5, 5.41) is 9.34. The number of phenolic OH excluding ortho intramolecular Hbond substituents is 1. The standard InChI is InChI=1S/C11H13NO3/c1-12-6-9(7-15-11(12)14)8-3-2-4-10(13)5-8/h2-5,9,13H,6-7H2,1H3. The Hall–Kier alpha value is -1.71. The van der Waals surface area contributed by atoms with E-state index in [0.29, 0.717) is 13.2 Å². The van der Waals surface area contributed by atoms with Gasteiger partial charge in [0, 0.05) is 19.5 Å². The van der Waals surface area contributed by atoms with Crippen molar-refractivity contribution in [3.63, 3.8) is 0 Å². The summed E-state index contributed by atoms with van der Waals surface area (Å²) >= 11 is 0. The van der Waals surface area contributed by atoms with Gasteiger partial charge in [0.2, 0.25) is 0 Å². The van der Waals surface area contributed by atoms with E-state index < -0.39 is 0 Å². The molecule has 0 aliphatic carbocycles. The van der Waals surface area contributed by atoms with Gasteiger partial charge in [-0.05, 0) is 17.7 Å². The summed E-state index contributed by atoms with van der Waals surface area (Å²) in [6.45, 7) is 1.01. The molecule has 4 nitrogen and oxygen atoms in total.